The molecule has 8 nitrogen and oxygen atoms in total. The molecule has 0 aliphatic rings. The Labute approximate surface area is 331 Å². The fourth-order valence-electron chi connectivity index (χ4n) is 6.92. The zero-order valence-electron chi connectivity index (χ0n) is 33.2. The summed E-state index contributed by atoms with van der Waals surface area (Å²) in [7, 11) is -2.83. The van der Waals surface area contributed by atoms with E-state index in [2.05, 4.69) is 63.8 Å². The van der Waals surface area contributed by atoms with Crippen molar-refractivity contribution >= 4 is 53.2 Å². The van der Waals surface area contributed by atoms with Gasteiger partial charge in [0.25, 0.3) is 8.32 Å². The van der Waals surface area contributed by atoms with E-state index in [1.165, 1.54) is 0 Å². The molecule has 0 saturated carbocycles. The number of carbonyl (C=O) groups excluding carboxylic acids is 2. The summed E-state index contributed by atoms with van der Waals surface area (Å²) in [6.07, 6.45) is 5.95. The number of hydrogen-bond acceptors (Lipinski definition) is 8. The van der Waals surface area contributed by atoms with Crippen molar-refractivity contribution in [1.29, 1.82) is 0 Å². The van der Waals surface area contributed by atoms with Crippen LogP contribution in [0.25, 0.3) is 17.0 Å². The van der Waals surface area contributed by atoms with E-state index in [1.807, 2.05) is 91.0 Å². The maximum atomic E-state index is 13.5. The molecule has 0 N–H and O–H groups in total. The summed E-state index contributed by atoms with van der Waals surface area (Å²) in [6.45, 7) is 13.1. The Kier molecular flexibility index (Phi) is 14.9. The van der Waals surface area contributed by atoms with Gasteiger partial charge in [0.05, 0.1) is 18.8 Å². The lowest BCUT2D eigenvalue weighted by atomic mass is 10.1. The van der Waals surface area contributed by atoms with Crippen LogP contribution >= 0.6 is 0 Å². The Morgan fingerprint density at radius 3 is 2.02 bits per heavy atom. The van der Waals surface area contributed by atoms with Crippen molar-refractivity contribution in [1.82, 2.24) is 0 Å². The lowest BCUT2D eigenvalue weighted by Crippen LogP contribution is -2.66. The molecule has 1 aromatic heterocycles. The number of benzene rings is 4. The molecule has 0 unspecified atom stereocenters. The van der Waals surface area contributed by atoms with Gasteiger partial charge in [0.2, 0.25) is 0 Å². The van der Waals surface area contributed by atoms with E-state index in [9.17, 15) is 14.4 Å². The molecule has 0 aliphatic heterocycles. The minimum Gasteiger partial charge on any atom is -0.460 e. The molecular weight excluding hydrogens is 719 g/mol. The first-order valence-electron chi connectivity index (χ1n) is 19.4. The smallest absolute Gasteiger partial charge is 0.347 e. The van der Waals surface area contributed by atoms with Crippen molar-refractivity contribution < 1.29 is 27.9 Å². The van der Waals surface area contributed by atoms with Crippen LogP contribution in [-0.2, 0) is 18.7 Å². The number of carbonyl (C=O) groups is 2. The Balaban J connectivity index is 1.19. The van der Waals surface area contributed by atoms with E-state index >= 15 is 0 Å². The molecule has 0 bridgehead atoms. The second-order valence-corrected chi connectivity index (χ2v) is 18.8. The first-order chi connectivity index (χ1) is 27.1. The van der Waals surface area contributed by atoms with Gasteiger partial charge in [-0.3, -0.25) is 4.79 Å². The molecule has 56 heavy (non-hydrogen) atoms. The summed E-state index contributed by atoms with van der Waals surface area (Å²) >= 11 is 0. The van der Waals surface area contributed by atoms with Crippen LogP contribution in [0.15, 0.2) is 142 Å². The summed E-state index contributed by atoms with van der Waals surface area (Å²) in [5.41, 5.74) is 2.12. The number of anilines is 1. The molecule has 0 fully saturated rings. The molecule has 0 radical (unpaired) electrons. The van der Waals surface area contributed by atoms with Crippen LogP contribution in [0, 0.1) is 0 Å². The Hall–Kier alpha value is -5.35. The predicted molar refractivity (Wildman–Crippen MR) is 229 cm³/mol. The highest BCUT2D eigenvalue weighted by molar-refractivity contribution is 6.99. The van der Waals surface area contributed by atoms with Crippen molar-refractivity contribution in [3.05, 3.63) is 155 Å². The van der Waals surface area contributed by atoms with Crippen molar-refractivity contribution in [2.45, 2.75) is 52.5 Å². The molecule has 5 aromatic rings. The number of fused-ring (bicyclic) bond motifs is 1. The molecule has 0 saturated heterocycles. The monoisotopic (exact) mass is 771 g/mol. The summed E-state index contributed by atoms with van der Waals surface area (Å²) in [4.78, 5) is 41.3. The number of nitrogens with zero attached hydrogens (tertiary/aromatic N) is 1. The number of rotatable bonds is 19. The molecule has 0 atom stereocenters. The van der Waals surface area contributed by atoms with Gasteiger partial charge < -0.3 is 23.2 Å². The van der Waals surface area contributed by atoms with Gasteiger partial charge in [-0.1, -0.05) is 118 Å². The van der Waals surface area contributed by atoms with Gasteiger partial charge in [-0.15, -0.1) is 0 Å². The molecule has 5 rings (SSSR count). The number of ketones is 1. The van der Waals surface area contributed by atoms with Crippen LogP contribution in [0.5, 0.6) is 0 Å². The van der Waals surface area contributed by atoms with Crippen molar-refractivity contribution in [2.75, 3.05) is 44.4 Å². The third-order valence-corrected chi connectivity index (χ3v) is 14.8. The normalized spacial score (nSPS) is 12.3. The number of Topliss-reactive ketones (excluding diaryl/α,β-unsaturated/α-hetero) is 1. The minimum atomic E-state index is -2.83. The van der Waals surface area contributed by atoms with Gasteiger partial charge >= 0.3 is 11.6 Å². The topological polar surface area (TPSA) is 95.3 Å². The van der Waals surface area contributed by atoms with Crippen molar-refractivity contribution in [3.8, 4) is 0 Å². The Morgan fingerprint density at radius 1 is 0.786 bits per heavy atom. The number of hydrogen-bond donors (Lipinski definition) is 0. The third-order valence-electron chi connectivity index (χ3n) is 9.81. The molecule has 292 valence electrons. The first kappa shape index (κ1) is 41.8. The van der Waals surface area contributed by atoms with Crippen LogP contribution in [0.2, 0.25) is 5.04 Å². The van der Waals surface area contributed by atoms with Gasteiger partial charge in [-0.25, -0.2) is 9.59 Å². The number of ether oxygens (including phenoxy) is 2. The molecule has 0 spiro atoms. The molecular formula is C47H53NO7Si. The van der Waals surface area contributed by atoms with E-state index in [1.54, 1.807) is 18.2 Å². The quantitative estimate of drug-likeness (QED) is 0.0157. The summed E-state index contributed by atoms with van der Waals surface area (Å²) < 4.78 is 23.9. The number of esters is 1. The van der Waals surface area contributed by atoms with E-state index in [4.69, 9.17) is 18.3 Å². The average molecular weight is 772 g/mol. The van der Waals surface area contributed by atoms with Gasteiger partial charge in [0.1, 0.15) is 17.8 Å². The molecule has 1 heterocycles. The highest BCUT2D eigenvalue weighted by Gasteiger charge is 2.50. The van der Waals surface area contributed by atoms with E-state index < -0.39 is 19.9 Å². The zero-order valence-corrected chi connectivity index (χ0v) is 34.2. The van der Waals surface area contributed by atoms with E-state index in [0.29, 0.717) is 23.0 Å². The summed E-state index contributed by atoms with van der Waals surface area (Å²) in [5, 5.41) is 2.79. The largest absolute Gasteiger partial charge is 0.460 e. The van der Waals surface area contributed by atoms with Crippen LogP contribution in [0.4, 0.5) is 5.69 Å². The SMILES string of the molecule is CCN(CC)c1ccc2cc(C(=O)CCCOCCOC(=O)C(/C=C/c3ccccc3)=C/CO[Si](c3ccccc3)(c3ccccc3)C(C)(C)C)c(=O)oc2c1. The van der Waals surface area contributed by atoms with Crippen LogP contribution < -0.4 is 20.9 Å². The maximum absolute atomic E-state index is 13.5. The lowest BCUT2D eigenvalue weighted by Gasteiger charge is -2.42. The fraction of sp³-hybridized carbons (Fsp3) is 0.298. The second kappa shape index (κ2) is 20.0. The molecule has 0 amide bonds. The fourth-order valence-corrected chi connectivity index (χ4v) is 11.4. The van der Waals surface area contributed by atoms with E-state index in [0.717, 1.165) is 34.7 Å². The summed E-state index contributed by atoms with van der Waals surface area (Å²) in [6, 6.07) is 37.8. The van der Waals surface area contributed by atoms with Crippen LogP contribution in [0.1, 0.15) is 63.4 Å². The zero-order chi connectivity index (χ0) is 40.0. The molecule has 0 aliphatic carbocycles. The van der Waals surface area contributed by atoms with Crippen molar-refractivity contribution in [3.63, 3.8) is 0 Å². The standard InChI is InChI=1S/C47H53NO7Si/c1-6-48(7-2)39-28-27-38-34-42(46(51)55-44(38)35-39)43(49)24-17-30-52-32-33-53-45(50)37(26-25-36-18-11-8-12-19-36)29-31-54-56(47(3,4)5,40-20-13-9-14-21-40)41-22-15-10-16-23-41/h8-16,18-23,25-29,34-35H,6-7,17,24,30-33H2,1-5H3/b26-25+,37-29+. The van der Waals surface area contributed by atoms with Gasteiger partial charge in [-0.2, -0.15) is 0 Å². The Bertz CT molecular complexity index is 2110. The third kappa shape index (κ3) is 10.5. The van der Waals surface area contributed by atoms with Gasteiger partial charge in [-0.05, 0) is 71.6 Å². The molecule has 9 heteroatoms. The second-order valence-electron chi connectivity index (χ2n) is 14.5. The maximum Gasteiger partial charge on any atom is 0.347 e. The highest BCUT2D eigenvalue weighted by atomic mass is 28.4. The summed E-state index contributed by atoms with van der Waals surface area (Å²) in [5.74, 6) is -0.793. The van der Waals surface area contributed by atoms with Gasteiger partial charge in [0.15, 0.2) is 5.78 Å². The first-order valence-corrected chi connectivity index (χ1v) is 21.3. The average Bonchev–Trinajstić information content (AvgIpc) is 3.20. The van der Waals surface area contributed by atoms with Crippen LogP contribution in [0.3, 0.4) is 0 Å². The van der Waals surface area contributed by atoms with Crippen molar-refractivity contribution in [2.24, 2.45) is 0 Å². The predicted octanol–water partition coefficient (Wildman–Crippen LogP) is 8.38. The molecule has 4 aromatic carbocycles. The van der Waals surface area contributed by atoms with Gasteiger partial charge in [0, 0.05) is 43.3 Å². The minimum absolute atomic E-state index is 0.0304. The van der Waals surface area contributed by atoms with Crippen LogP contribution in [-0.4, -0.2) is 59.6 Å². The highest BCUT2D eigenvalue weighted by Crippen LogP contribution is 2.36. The lowest BCUT2D eigenvalue weighted by molar-refractivity contribution is -0.140. The Morgan fingerprint density at radius 2 is 1.41 bits per heavy atom. The van der Waals surface area contributed by atoms with E-state index in [-0.39, 0.29) is 49.2 Å².